The third-order valence-electron chi connectivity index (χ3n) is 2.93. The van der Waals surface area contributed by atoms with Crippen LogP contribution in [0.15, 0.2) is 54.6 Å². The predicted octanol–water partition coefficient (Wildman–Crippen LogP) is 2.82. The van der Waals surface area contributed by atoms with Crippen LogP contribution in [0.5, 0.6) is 5.75 Å². The maximum absolute atomic E-state index is 12.1. The zero-order valence-electron chi connectivity index (χ0n) is 12.4. The monoisotopic (exact) mass is 330 g/mol. The number of hydrogen-bond donors (Lipinski definition) is 2. The van der Waals surface area contributed by atoms with Gasteiger partial charge in [0, 0.05) is 11.1 Å². The van der Waals surface area contributed by atoms with Crippen molar-refractivity contribution in [3.63, 3.8) is 0 Å². The number of benzene rings is 2. The van der Waals surface area contributed by atoms with Crippen LogP contribution in [-0.4, -0.2) is 18.9 Å². The van der Waals surface area contributed by atoms with Crippen molar-refractivity contribution >= 4 is 29.5 Å². The predicted molar refractivity (Wildman–Crippen MR) is 89.1 cm³/mol. The molecule has 2 rings (SSSR count). The van der Waals surface area contributed by atoms with E-state index in [9.17, 15) is 9.59 Å². The second-order valence-corrected chi connectivity index (χ2v) is 4.97. The Labute approximate surface area is 138 Å². The van der Waals surface area contributed by atoms with Crippen LogP contribution in [0, 0.1) is 0 Å². The summed E-state index contributed by atoms with van der Waals surface area (Å²) >= 11 is 5.86. The SMILES string of the molecule is COc1ccc(Cl)cc1C(=O)NNC(=O)C=Cc1ccccc1. The second kappa shape index (κ2) is 8.00. The largest absolute Gasteiger partial charge is 0.496 e. The van der Waals surface area contributed by atoms with Crippen molar-refractivity contribution in [1.82, 2.24) is 10.9 Å². The molecule has 2 amide bonds. The quantitative estimate of drug-likeness (QED) is 0.669. The van der Waals surface area contributed by atoms with Gasteiger partial charge in [-0.3, -0.25) is 20.4 Å². The molecule has 23 heavy (non-hydrogen) atoms. The molecule has 0 saturated heterocycles. The molecule has 0 unspecified atom stereocenters. The van der Waals surface area contributed by atoms with Gasteiger partial charge in [0.25, 0.3) is 11.8 Å². The molecule has 0 fully saturated rings. The molecule has 2 N–H and O–H groups in total. The lowest BCUT2D eigenvalue weighted by Gasteiger charge is -2.09. The van der Waals surface area contributed by atoms with Gasteiger partial charge in [-0.1, -0.05) is 41.9 Å². The highest BCUT2D eigenvalue weighted by Crippen LogP contribution is 2.22. The fourth-order valence-electron chi connectivity index (χ4n) is 1.82. The van der Waals surface area contributed by atoms with Crippen LogP contribution in [0.1, 0.15) is 15.9 Å². The minimum absolute atomic E-state index is 0.229. The Morgan fingerprint density at radius 2 is 1.83 bits per heavy atom. The molecule has 0 saturated carbocycles. The van der Waals surface area contributed by atoms with E-state index in [1.165, 1.54) is 19.3 Å². The van der Waals surface area contributed by atoms with Gasteiger partial charge in [-0.15, -0.1) is 0 Å². The molecule has 0 heterocycles. The number of ether oxygens (including phenoxy) is 1. The fraction of sp³-hybridized carbons (Fsp3) is 0.0588. The van der Waals surface area contributed by atoms with Crippen LogP contribution in [0.25, 0.3) is 6.08 Å². The first-order valence-electron chi connectivity index (χ1n) is 6.77. The normalized spacial score (nSPS) is 10.3. The molecule has 5 nitrogen and oxygen atoms in total. The summed E-state index contributed by atoms with van der Waals surface area (Å²) in [6, 6.07) is 14.0. The first-order chi connectivity index (χ1) is 11.1. The van der Waals surface area contributed by atoms with Crippen LogP contribution >= 0.6 is 11.6 Å². The summed E-state index contributed by atoms with van der Waals surface area (Å²) in [7, 11) is 1.45. The van der Waals surface area contributed by atoms with E-state index in [0.29, 0.717) is 10.8 Å². The van der Waals surface area contributed by atoms with E-state index in [0.717, 1.165) is 5.56 Å². The zero-order chi connectivity index (χ0) is 16.7. The average molecular weight is 331 g/mol. The molecule has 0 aromatic heterocycles. The van der Waals surface area contributed by atoms with Crippen molar-refractivity contribution in [2.24, 2.45) is 0 Å². The lowest BCUT2D eigenvalue weighted by Crippen LogP contribution is -2.40. The van der Waals surface area contributed by atoms with E-state index in [1.54, 1.807) is 18.2 Å². The van der Waals surface area contributed by atoms with Gasteiger partial charge in [-0.25, -0.2) is 0 Å². The minimum Gasteiger partial charge on any atom is -0.496 e. The van der Waals surface area contributed by atoms with Gasteiger partial charge in [0.05, 0.1) is 12.7 Å². The molecule has 0 bridgehead atoms. The van der Waals surface area contributed by atoms with Crippen LogP contribution in [0.2, 0.25) is 5.02 Å². The van der Waals surface area contributed by atoms with E-state index in [1.807, 2.05) is 30.3 Å². The number of hydrazine groups is 1. The van der Waals surface area contributed by atoms with E-state index >= 15 is 0 Å². The van der Waals surface area contributed by atoms with E-state index in [-0.39, 0.29) is 5.56 Å². The highest BCUT2D eigenvalue weighted by atomic mass is 35.5. The van der Waals surface area contributed by atoms with E-state index in [4.69, 9.17) is 16.3 Å². The summed E-state index contributed by atoms with van der Waals surface area (Å²) in [4.78, 5) is 23.8. The van der Waals surface area contributed by atoms with Gasteiger partial charge in [-0.05, 0) is 29.8 Å². The lowest BCUT2D eigenvalue weighted by atomic mass is 10.2. The molecule has 0 radical (unpaired) electrons. The Morgan fingerprint density at radius 1 is 1.09 bits per heavy atom. The van der Waals surface area contributed by atoms with Crippen molar-refractivity contribution in [1.29, 1.82) is 0 Å². The molecular weight excluding hydrogens is 316 g/mol. The average Bonchev–Trinajstić information content (AvgIpc) is 2.58. The Morgan fingerprint density at radius 3 is 2.52 bits per heavy atom. The second-order valence-electron chi connectivity index (χ2n) is 4.53. The first-order valence-corrected chi connectivity index (χ1v) is 7.15. The number of carbonyl (C=O) groups is 2. The fourth-order valence-corrected chi connectivity index (χ4v) is 1.99. The number of hydrogen-bond acceptors (Lipinski definition) is 3. The van der Waals surface area contributed by atoms with Crippen LogP contribution in [0.4, 0.5) is 0 Å². The summed E-state index contributed by atoms with van der Waals surface area (Å²) in [5.41, 5.74) is 5.72. The van der Waals surface area contributed by atoms with E-state index < -0.39 is 11.8 Å². The number of rotatable bonds is 4. The molecule has 2 aromatic rings. The topological polar surface area (TPSA) is 67.4 Å². The summed E-state index contributed by atoms with van der Waals surface area (Å²) in [5.74, 6) is -0.616. The molecule has 0 atom stereocenters. The molecule has 118 valence electrons. The number of nitrogens with one attached hydrogen (secondary N) is 2. The first kappa shape index (κ1) is 16.6. The molecule has 0 spiro atoms. The maximum atomic E-state index is 12.1. The Balaban J connectivity index is 1.95. The molecule has 0 aliphatic carbocycles. The third-order valence-corrected chi connectivity index (χ3v) is 3.17. The minimum atomic E-state index is -0.522. The van der Waals surface area contributed by atoms with Crippen molar-refractivity contribution in [2.75, 3.05) is 7.11 Å². The van der Waals surface area contributed by atoms with Gasteiger partial charge in [-0.2, -0.15) is 0 Å². The van der Waals surface area contributed by atoms with Crippen molar-refractivity contribution in [2.45, 2.75) is 0 Å². The number of carbonyl (C=O) groups excluding carboxylic acids is 2. The van der Waals surface area contributed by atoms with Gasteiger partial charge in [0.15, 0.2) is 0 Å². The summed E-state index contributed by atoms with van der Waals surface area (Å²) in [6.45, 7) is 0. The Hall–Kier alpha value is -2.79. The molecule has 0 aliphatic heterocycles. The Kier molecular flexibility index (Phi) is 5.77. The standard InChI is InChI=1S/C17H15ClN2O3/c1-23-15-9-8-13(18)11-14(15)17(22)20-19-16(21)10-7-12-5-3-2-4-6-12/h2-11H,1H3,(H,19,21)(H,20,22). The van der Waals surface area contributed by atoms with Crippen LogP contribution in [0.3, 0.4) is 0 Å². The van der Waals surface area contributed by atoms with Crippen molar-refractivity contribution < 1.29 is 14.3 Å². The summed E-state index contributed by atoms with van der Waals surface area (Å²) < 4.78 is 5.09. The zero-order valence-corrected chi connectivity index (χ0v) is 13.1. The van der Waals surface area contributed by atoms with E-state index in [2.05, 4.69) is 10.9 Å². The number of halogens is 1. The van der Waals surface area contributed by atoms with Gasteiger partial charge in [0.1, 0.15) is 5.75 Å². The smallest absolute Gasteiger partial charge is 0.273 e. The number of methoxy groups -OCH3 is 1. The highest BCUT2D eigenvalue weighted by Gasteiger charge is 2.13. The summed E-state index contributed by atoms with van der Waals surface area (Å²) in [5, 5.41) is 0.395. The summed E-state index contributed by atoms with van der Waals surface area (Å²) in [6.07, 6.45) is 2.96. The van der Waals surface area contributed by atoms with Crippen LogP contribution < -0.4 is 15.6 Å². The molecular formula is C17H15ClN2O3. The lowest BCUT2D eigenvalue weighted by molar-refractivity contribution is -0.117. The highest BCUT2D eigenvalue weighted by molar-refractivity contribution is 6.31. The number of amides is 2. The molecule has 0 aliphatic rings. The third kappa shape index (κ3) is 4.86. The maximum Gasteiger partial charge on any atom is 0.273 e. The molecule has 6 heteroatoms. The van der Waals surface area contributed by atoms with Crippen molar-refractivity contribution in [3.8, 4) is 5.75 Å². The van der Waals surface area contributed by atoms with Gasteiger partial charge >= 0.3 is 0 Å². The van der Waals surface area contributed by atoms with Crippen molar-refractivity contribution in [3.05, 3.63) is 70.8 Å². The van der Waals surface area contributed by atoms with Gasteiger partial charge in [0.2, 0.25) is 0 Å². The van der Waals surface area contributed by atoms with Crippen LogP contribution in [-0.2, 0) is 4.79 Å². The Bertz CT molecular complexity index is 730. The van der Waals surface area contributed by atoms with Gasteiger partial charge < -0.3 is 4.74 Å². The molecule has 2 aromatic carbocycles.